The molecule has 0 amide bonds. The Morgan fingerprint density at radius 1 is 1.22 bits per heavy atom. The molecule has 0 unspecified atom stereocenters. The van der Waals surface area contributed by atoms with Crippen molar-refractivity contribution in [3.05, 3.63) is 55.0 Å². The summed E-state index contributed by atoms with van der Waals surface area (Å²) in [6, 6.07) is 11.8. The van der Waals surface area contributed by atoms with E-state index >= 15 is 0 Å². The summed E-state index contributed by atoms with van der Waals surface area (Å²) in [6.07, 6.45) is 4.89. The molecular formula is C19H20N6O2. The van der Waals surface area contributed by atoms with Crippen LogP contribution in [0.1, 0.15) is 6.92 Å². The number of nitrogens with zero attached hydrogens (tertiary/aromatic N) is 5. The van der Waals surface area contributed by atoms with E-state index in [1.54, 1.807) is 29.4 Å². The molecule has 0 saturated heterocycles. The molecule has 0 aliphatic heterocycles. The molecule has 1 aromatic carbocycles. The molecule has 0 saturated carbocycles. The third kappa shape index (κ3) is 3.61. The zero-order valence-electron chi connectivity index (χ0n) is 15.1. The van der Waals surface area contributed by atoms with Crippen molar-refractivity contribution < 1.29 is 9.84 Å². The number of methoxy groups -OCH3 is 1. The highest BCUT2D eigenvalue weighted by atomic mass is 16.5. The van der Waals surface area contributed by atoms with Crippen LogP contribution in [0.15, 0.2) is 55.0 Å². The van der Waals surface area contributed by atoms with Crippen molar-refractivity contribution in [2.45, 2.75) is 19.6 Å². The van der Waals surface area contributed by atoms with Crippen molar-refractivity contribution >= 4 is 17.3 Å². The van der Waals surface area contributed by atoms with E-state index in [9.17, 15) is 5.11 Å². The first-order valence-corrected chi connectivity index (χ1v) is 8.60. The number of aliphatic hydroxyl groups excluding tert-OH is 1. The standard InChI is InChI=1S/C19H20N6O2/c1-13(26)11-24-12-15(10-20-24)21-19-22-18-17(4-3-9-25(18)23-19)14-5-7-16(27-2)8-6-14/h3-10,12-13,26H,11H2,1-2H3,(H,21,23)/t13-/m0/s1. The van der Waals surface area contributed by atoms with Crippen LogP contribution in [0, 0.1) is 0 Å². The van der Waals surface area contributed by atoms with E-state index in [1.165, 1.54) is 0 Å². The van der Waals surface area contributed by atoms with E-state index < -0.39 is 6.10 Å². The fourth-order valence-corrected chi connectivity index (χ4v) is 2.88. The van der Waals surface area contributed by atoms with Gasteiger partial charge < -0.3 is 15.2 Å². The van der Waals surface area contributed by atoms with Crippen LogP contribution >= 0.6 is 0 Å². The second kappa shape index (κ2) is 7.08. The molecule has 1 atom stereocenters. The third-order valence-electron chi connectivity index (χ3n) is 4.10. The van der Waals surface area contributed by atoms with Crippen molar-refractivity contribution in [3.63, 3.8) is 0 Å². The van der Waals surface area contributed by atoms with Gasteiger partial charge in [0.15, 0.2) is 5.65 Å². The highest BCUT2D eigenvalue weighted by Crippen LogP contribution is 2.26. The van der Waals surface area contributed by atoms with Crippen LogP contribution in [-0.4, -0.2) is 42.7 Å². The monoisotopic (exact) mass is 364 g/mol. The van der Waals surface area contributed by atoms with Gasteiger partial charge in [0.1, 0.15) is 5.75 Å². The van der Waals surface area contributed by atoms with Crippen LogP contribution in [0.4, 0.5) is 11.6 Å². The Kier molecular flexibility index (Phi) is 4.47. The molecule has 0 spiro atoms. The van der Waals surface area contributed by atoms with Gasteiger partial charge in [-0.25, -0.2) is 4.52 Å². The van der Waals surface area contributed by atoms with E-state index in [-0.39, 0.29) is 0 Å². The van der Waals surface area contributed by atoms with Crippen LogP contribution in [0.5, 0.6) is 5.75 Å². The molecule has 3 heterocycles. The average Bonchev–Trinajstić information content (AvgIpc) is 3.27. The number of benzene rings is 1. The van der Waals surface area contributed by atoms with Gasteiger partial charge in [0.05, 0.1) is 31.6 Å². The summed E-state index contributed by atoms with van der Waals surface area (Å²) in [6.45, 7) is 2.15. The predicted octanol–water partition coefficient (Wildman–Crippen LogP) is 2.73. The van der Waals surface area contributed by atoms with E-state index in [2.05, 4.69) is 20.5 Å². The Morgan fingerprint density at radius 2 is 2.04 bits per heavy atom. The Balaban J connectivity index is 1.63. The Bertz CT molecular complexity index is 1050. The first kappa shape index (κ1) is 17.0. The number of anilines is 2. The largest absolute Gasteiger partial charge is 0.497 e. The Labute approximate surface area is 156 Å². The Hall–Kier alpha value is -3.39. The second-order valence-corrected chi connectivity index (χ2v) is 6.28. The van der Waals surface area contributed by atoms with Crippen LogP contribution < -0.4 is 10.1 Å². The van der Waals surface area contributed by atoms with Crippen LogP contribution in [0.3, 0.4) is 0 Å². The summed E-state index contributed by atoms with van der Waals surface area (Å²) in [5, 5.41) is 21.3. The van der Waals surface area contributed by atoms with Gasteiger partial charge in [-0.2, -0.15) is 10.1 Å². The summed E-state index contributed by atoms with van der Waals surface area (Å²) < 4.78 is 8.63. The van der Waals surface area contributed by atoms with Crippen LogP contribution in [0.25, 0.3) is 16.8 Å². The molecule has 138 valence electrons. The topological polar surface area (TPSA) is 89.5 Å². The van der Waals surface area contributed by atoms with Crippen LogP contribution in [-0.2, 0) is 6.54 Å². The molecule has 0 radical (unpaired) electrons. The van der Waals surface area contributed by atoms with E-state index in [0.717, 1.165) is 28.2 Å². The molecule has 27 heavy (non-hydrogen) atoms. The zero-order chi connectivity index (χ0) is 18.8. The minimum absolute atomic E-state index is 0.432. The first-order chi connectivity index (χ1) is 13.1. The van der Waals surface area contributed by atoms with Gasteiger partial charge in [0, 0.05) is 18.0 Å². The van der Waals surface area contributed by atoms with Crippen molar-refractivity contribution in [2.24, 2.45) is 0 Å². The maximum atomic E-state index is 9.45. The minimum atomic E-state index is -0.460. The maximum absolute atomic E-state index is 9.45. The molecule has 8 nitrogen and oxygen atoms in total. The van der Waals surface area contributed by atoms with Crippen molar-refractivity contribution in [1.82, 2.24) is 24.4 Å². The number of nitrogens with one attached hydrogen (secondary N) is 1. The van der Waals surface area contributed by atoms with E-state index in [1.807, 2.05) is 48.8 Å². The van der Waals surface area contributed by atoms with E-state index in [4.69, 9.17) is 4.74 Å². The van der Waals surface area contributed by atoms with Gasteiger partial charge in [-0.15, -0.1) is 5.10 Å². The lowest BCUT2D eigenvalue weighted by Gasteiger charge is -2.04. The summed E-state index contributed by atoms with van der Waals surface area (Å²) in [5.74, 6) is 1.29. The highest BCUT2D eigenvalue weighted by molar-refractivity contribution is 5.78. The molecule has 0 aliphatic rings. The molecular weight excluding hydrogens is 344 g/mol. The number of fused-ring (bicyclic) bond motifs is 1. The van der Waals surface area contributed by atoms with Gasteiger partial charge in [-0.3, -0.25) is 4.68 Å². The Morgan fingerprint density at radius 3 is 2.78 bits per heavy atom. The number of pyridine rings is 1. The number of aromatic nitrogens is 5. The number of hydrogen-bond donors (Lipinski definition) is 2. The van der Waals surface area contributed by atoms with Crippen LogP contribution in [0.2, 0.25) is 0 Å². The minimum Gasteiger partial charge on any atom is -0.497 e. The zero-order valence-corrected chi connectivity index (χ0v) is 15.1. The first-order valence-electron chi connectivity index (χ1n) is 8.60. The lowest BCUT2D eigenvalue weighted by Crippen LogP contribution is -2.11. The van der Waals surface area contributed by atoms with Gasteiger partial charge in [-0.1, -0.05) is 12.1 Å². The molecule has 0 fully saturated rings. The lowest BCUT2D eigenvalue weighted by molar-refractivity contribution is 0.168. The smallest absolute Gasteiger partial charge is 0.247 e. The highest BCUT2D eigenvalue weighted by Gasteiger charge is 2.11. The van der Waals surface area contributed by atoms with Gasteiger partial charge in [-0.05, 0) is 36.8 Å². The predicted molar refractivity (Wildman–Crippen MR) is 102 cm³/mol. The molecule has 4 aromatic rings. The molecule has 8 heteroatoms. The molecule has 3 aromatic heterocycles. The van der Waals surface area contributed by atoms with Gasteiger partial charge in [0.2, 0.25) is 5.95 Å². The summed E-state index contributed by atoms with van der Waals surface area (Å²) in [5.41, 5.74) is 3.52. The third-order valence-corrected chi connectivity index (χ3v) is 4.10. The van der Waals surface area contributed by atoms with E-state index in [0.29, 0.717) is 12.5 Å². The van der Waals surface area contributed by atoms with Crippen molar-refractivity contribution in [3.8, 4) is 16.9 Å². The number of ether oxygens (including phenoxy) is 1. The second-order valence-electron chi connectivity index (χ2n) is 6.28. The molecule has 0 aliphatic carbocycles. The lowest BCUT2D eigenvalue weighted by atomic mass is 10.1. The van der Waals surface area contributed by atoms with Crippen molar-refractivity contribution in [2.75, 3.05) is 12.4 Å². The van der Waals surface area contributed by atoms with Crippen molar-refractivity contribution in [1.29, 1.82) is 0 Å². The summed E-state index contributed by atoms with van der Waals surface area (Å²) in [7, 11) is 1.65. The molecule has 2 N–H and O–H groups in total. The average molecular weight is 364 g/mol. The number of rotatable bonds is 6. The SMILES string of the molecule is COc1ccc(-c2cccn3nc(Nc4cnn(C[C@H](C)O)c4)nc23)cc1. The van der Waals surface area contributed by atoms with Gasteiger partial charge in [0.25, 0.3) is 0 Å². The summed E-state index contributed by atoms with van der Waals surface area (Å²) >= 11 is 0. The molecule has 4 rings (SSSR count). The fraction of sp³-hybridized carbons (Fsp3) is 0.211. The fourth-order valence-electron chi connectivity index (χ4n) is 2.88. The number of aliphatic hydroxyl groups is 1. The summed E-state index contributed by atoms with van der Waals surface area (Å²) in [4.78, 5) is 4.62. The van der Waals surface area contributed by atoms with Gasteiger partial charge >= 0.3 is 0 Å². The quantitative estimate of drug-likeness (QED) is 0.547. The maximum Gasteiger partial charge on any atom is 0.247 e. The number of hydrogen-bond acceptors (Lipinski definition) is 6. The molecule has 0 bridgehead atoms. The normalized spacial score (nSPS) is 12.3.